The number of hydrogen-bond acceptors (Lipinski definition) is 3. The smallest absolute Gasteiger partial charge is 0.234 e. The zero-order valence-corrected chi connectivity index (χ0v) is 10.2. The number of nitrogens with one attached hydrogen (secondary N) is 2. The van der Waals surface area contributed by atoms with Gasteiger partial charge in [0, 0.05) is 0 Å². The summed E-state index contributed by atoms with van der Waals surface area (Å²) < 4.78 is 0. The van der Waals surface area contributed by atoms with Crippen LogP contribution in [0.15, 0.2) is 30.3 Å². The standard InChI is InChI=1S/C14H18N2O2/c1-2-8-15-10-14(18)16-13(11-17)9-12-6-4-3-5-7-12/h1,3-7,13,15,17H,8-11H2,(H,16,18). The lowest BCUT2D eigenvalue weighted by Gasteiger charge is -2.16. The van der Waals surface area contributed by atoms with Gasteiger partial charge in [0.15, 0.2) is 0 Å². The molecule has 18 heavy (non-hydrogen) atoms. The maximum Gasteiger partial charge on any atom is 0.234 e. The Labute approximate surface area is 107 Å². The van der Waals surface area contributed by atoms with Crippen molar-refractivity contribution in [1.29, 1.82) is 0 Å². The maximum atomic E-state index is 11.5. The van der Waals surface area contributed by atoms with Crippen LogP contribution in [0, 0.1) is 12.3 Å². The van der Waals surface area contributed by atoms with Crippen LogP contribution in [0.4, 0.5) is 0 Å². The van der Waals surface area contributed by atoms with E-state index in [2.05, 4.69) is 16.6 Å². The van der Waals surface area contributed by atoms with Crippen molar-refractivity contribution >= 4 is 5.91 Å². The Morgan fingerprint density at radius 1 is 1.39 bits per heavy atom. The van der Waals surface area contributed by atoms with Gasteiger partial charge in [0.1, 0.15) is 0 Å². The van der Waals surface area contributed by atoms with Crippen LogP contribution in [0.1, 0.15) is 5.56 Å². The molecule has 0 aromatic heterocycles. The number of carbonyl (C=O) groups is 1. The summed E-state index contributed by atoms with van der Waals surface area (Å²) in [5.41, 5.74) is 1.08. The van der Waals surface area contributed by atoms with Crippen LogP contribution in [0.5, 0.6) is 0 Å². The van der Waals surface area contributed by atoms with Crippen LogP contribution in [-0.2, 0) is 11.2 Å². The van der Waals surface area contributed by atoms with Gasteiger partial charge in [-0.1, -0.05) is 36.3 Å². The number of rotatable bonds is 7. The molecule has 0 bridgehead atoms. The van der Waals surface area contributed by atoms with Crippen molar-refractivity contribution in [3.8, 4) is 12.3 Å². The highest BCUT2D eigenvalue weighted by Gasteiger charge is 2.11. The van der Waals surface area contributed by atoms with Crippen molar-refractivity contribution in [2.24, 2.45) is 0 Å². The molecule has 0 aliphatic rings. The minimum absolute atomic E-state index is 0.0875. The Hall–Kier alpha value is -1.83. The average molecular weight is 246 g/mol. The fraction of sp³-hybridized carbons (Fsp3) is 0.357. The fourth-order valence-electron chi connectivity index (χ4n) is 1.59. The number of terminal acetylenes is 1. The molecular weight excluding hydrogens is 228 g/mol. The van der Waals surface area contributed by atoms with E-state index >= 15 is 0 Å². The lowest BCUT2D eigenvalue weighted by molar-refractivity contribution is -0.121. The van der Waals surface area contributed by atoms with E-state index in [1.807, 2.05) is 30.3 Å². The Morgan fingerprint density at radius 2 is 2.11 bits per heavy atom. The number of benzene rings is 1. The van der Waals surface area contributed by atoms with Crippen LogP contribution in [0.3, 0.4) is 0 Å². The number of carbonyl (C=O) groups excluding carboxylic acids is 1. The second kappa shape index (κ2) is 8.29. The Kier molecular flexibility index (Phi) is 6.55. The molecule has 96 valence electrons. The molecule has 0 spiro atoms. The first-order valence-electron chi connectivity index (χ1n) is 5.84. The van der Waals surface area contributed by atoms with Gasteiger partial charge in [-0.25, -0.2) is 0 Å². The molecular formula is C14H18N2O2. The van der Waals surface area contributed by atoms with Gasteiger partial charge in [-0.3, -0.25) is 10.1 Å². The quantitative estimate of drug-likeness (QED) is 0.466. The molecule has 1 rings (SSSR count). The van der Waals surface area contributed by atoms with E-state index < -0.39 is 0 Å². The van der Waals surface area contributed by atoms with Gasteiger partial charge in [-0.2, -0.15) is 0 Å². The predicted octanol–water partition coefficient (Wildman–Crippen LogP) is -0.0710. The molecule has 4 heteroatoms. The summed E-state index contributed by atoms with van der Waals surface area (Å²) in [5.74, 6) is 2.22. The first-order chi connectivity index (χ1) is 8.76. The van der Waals surface area contributed by atoms with E-state index in [4.69, 9.17) is 6.42 Å². The number of aliphatic hydroxyl groups is 1. The Balaban J connectivity index is 2.38. The van der Waals surface area contributed by atoms with E-state index in [1.165, 1.54) is 0 Å². The highest BCUT2D eigenvalue weighted by molar-refractivity contribution is 5.78. The first-order valence-corrected chi connectivity index (χ1v) is 5.84. The summed E-state index contributed by atoms with van der Waals surface area (Å²) >= 11 is 0. The molecule has 0 heterocycles. The van der Waals surface area contributed by atoms with Gasteiger partial charge >= 0.3 is 0 Å². The summed E-state index contributed by atoms with van der Waals surface area (Å²) in [6.45, 7) is 0.432. The highest BCUT2D eigenvalue weighted by Crippen LogP contribution is 2.02. The van der Waals surface area contributed by atoms with Gasteiger partial charge in [-0.05, 0) is 12.0 Å². The van der Waals surface area contributed by atoms with E-state index in [1.54, 1.807) is 0 Å². The molecule has 4 nitrogen and oxygen atoms in total. The van der Waals surface area contributed by atoms with Gasteiger partial charge in [-0.15, -0.1) is 6.42 Å². The zero-order valence-electron chi connectivity index (χ0n) is 10.2. The second-order valence-electron chi connectivity index (χ2n) is 3.94. The monoisotopic (exact) mass is 246 g/mol. The third-order valence-corrected chi connectivity index (χ3v) is 2.42. The Bertz CT molecular complexity index is 398. The van der Waals surface area contributed by atoms with Crippen LogP contribution < -0.4 is 10.6 Å². The van der Waals surface area contributed by atoms with Crippen molar-refractivity contribution in [3.63, 3.8) is 0 Å². The summed E-state index contributed by atoms with van der Waals surface area (Å²) in [4.78, 5) is 11.5. The SMILES string of the molecule is C#CCNCC(=O)NC(CO)Cc1ccccc1. The van der Waals surface area contributed by atoms with Gasteiger partial charge in [0.05, 0.1) is 25.7 Å². The minimum atomic E-state index is -0.271. The number of amides is 1. The molecule has 0 saturated carbocycles. The van der Waals surface area contributed by atoms with Crippen LogP contribution in [-0.4, -0.2) is 36.8 Å². The number of hydrogen-bond donors (Lipinski definition) is 3. The van der Waals surface area contributed by atoms with Crippen molar-refractivity contribution < 1.29 is 9.90 Å². The third-order valence-electron chi connectivity index (χ3n) is 2.42. The van der Waals surface area contributed by atoms with Gasteiger partial charge in [0.25, 0.3) is 0 Å². The summed E-state index contributed by atoms with van der Waals surface area (Å²) in [6.07, 6.45) is 5.67. The van der Waals surface area contributed by atoms with Gasteiger partial charge < -0.3 is 10.4 Å². The molecule has 1 atom stereocenters. The Morgan fingerprint density at radius 3 is 2.72 bits per heavy atom. The minimum Gasteiger partial charge on any atom is -0.394 e. The first kappa shape index (κ1) is 14.2. The molecule has 1 amide bonds. The van der Waals surface area contributed by atoms with E-state index in [-0.39, 0.29) is 25.1 Å². The maximum absolute atomic E-state index is 11.5. The molecule has 0 radical (unpaired) electrons. The molecule has 3 N–H and O–H groups in total. The third kappa shape index (κ3) is 5.48. The van der Waals surface area contributed by atoms with Crippen molar-refractivity contribution in [2.45, 2.75) is 12.5 Å². The van der Waals surface area contributed by atoms with Crippen LogP contribution in [0.25, 0.3) is 0 Å². The lowest BCUT2D eigenvalue weighted by Crippen LogP contribution is -2.43. The van der Waals surface area contributed by atoms with Crippen LogP contribution in [0.2, 0.25) is 0 Å². The molecule has 1 aromatic rings. The summed E-state index contributed by atoms with van der Waals surface area (Å²) in [7, 11) is 0. The summed E-state index contributed by atoms with van der Waals surface area (Å²) in [5, 5.41) is 14.8. The topological polar surface area (TPSA) is 61.4 Å². The molecule has 0 aliphatic carbocycles. The zero-order chi connectivity index (χ0) is 13.2. The normalized spacial score (nSPS) is 11.6. The molecule has 1 aromatic carbocycles. The van der Waals surface area contributed by atoms with E-state index in [0.717, 1.165) is 5.56 Å². The van der Waals surface area contributed by atoms with E-state index in [0.29, 0.717) is 13.0 Å². The van der Waals surface area contributed by atoms with Gasteiger partial charge in [0.2, 0.25) is 5.91 Å². The van der Waals surface area contributed by atoms with Crippen LogP contribution >= 0.6 is 0 Å². The molecule has 0 aliphatic heterocycles. The summed E-state index contributed by atoms with van der Waals surface area (Å²) in [6, 6.07) is 9.45. The van der Waals surface area contributed by atoms with E-state index in [9.17, 15) is 9.90 Å². The fourth-order valence-corrected chi connectivity index (χ4v) is 1.59. The molecule has 0 saturated heterocycles. The van der Waals surface area contributed by atoms with Crippen molar-refractivity contribution in [1.82, 2.24) is 10.6 Å². The predicted molar refractivity (Wildman–Crippen MR) is 70.9 cm³/mol. The average Bonchev–Trinajstić information content (AvgIpc) is 2.39. The lowest BCUT2D eigenvalue weighted by atomic mass is 10.1. The molecule has 1 unspecified atom stereocenters. The van der Waals surface area contributed by atoms with Crippen molar-refractivity contribution in [3.05, 3.63) is 35.9 Å². The highest BCUT2D eigenvalue weighted by atomic mass is 16.3. The molecule has 0 fully saturated rings. The second-order valence-corrected chi connectivity index (χ2v) is 3.94. The number of aliphatic hydroxyl groups excluding tert-OH is 1. The van der Waals surface area contributed by atoms with Crippen molar-refractivity contribution in [2.75, 3.05) is 19.7 Å². The largest absolute Gasteiger partial charge is 0.394 e.